The van der Waals surface area contributed by atoms with Gasteiger partial charge in [-0.05, 0) is 12.1 Å². The number of hydrogen-bond donors (Lipinski definition) is 0. The quantitative estimate of drug-likeness (QED) is 0.465. The summed E-state index contributed by atoms with van der Waals surface area (Å²) in [7, 11) is 0. The van der Waals surface area contributed by atoms with E-state index in [4.69, 9.17) is 23.2 Å². The van der Waals surface area contributed by atoms with Gasteiger partial charge in [-0.25, -0.2) is 8.78 Å². The lowest BCUT2D eigenvalue weighted by molar-refractivity contribution is -0.140. The van der Waals surface area contributed by atoms with Crippen LogP contribution in [0, 0.1) is 11.6 Å². The minimum Gasteiger partial charge on any atom is -0.328 e. The molecular formula is C11H8Cl2F5NO. The number of carbonyl (C=O) groups is 1. The summed E-state index contributed by atoms with van der Waals surface area (Å²) in [5.41, 5.74) is -0.832. The number of halogens is 7. The smallest absolute Gasteiger partial charge is 0.328 e. The van der Waals surface area contributed by atoms with Crippen molar-refractivity contribution in [1.29, 1.82) is 0 Å². The van der Waals surface area contributed by atoms with Gasteiger partial charge in [-0.15, -0.1) is 11.6 Å². The van der Waals surface area contributed by atoms with Crippen molar-refractivity contribution in [2.24, 2.45) is 0 Å². The second-order valence-electron chi connectivity index (χ2n) is 3.78. The standard InChI is InChI=1S/C11H8Cl2F5NO/c12-1-2-19(5-11(16,17)18)10(20)6-3-9(15)7(13)4-8(6)14/h3-4H,1-2,5H2. The minimum atomic E-state index is -4.68. The lowest BCUT2D eigenvalue weighted by Gasteiger charge is -2.23. The topological polar surface area (TPSA) is 20.3 Å². The third kappa shape index (κ3) is 4.49. The highest BCUT2D eigenvalue weighted by atomic mass is 35.5. The first-order chi connectivity index (χ1) is 9.15. The summed E-state index contributed by atoms with van der Waals surface area (Å²) in [4.78, 5) is 12.1. The van der Waals surface area contributed by atoms with Crippen LogP contribution in [0.25, 0.3) is 0 Å². The molecule has 0 bridgehead atoms. The molecule has 1 aromatic rings. The van der Waals surface area contributed by atoms with Gasteiger partial charge in [-0.1, -0.05) is 11.6 Å². The van der Waals surface area contributed by atoms with Gasteiger partial charge < -0.3 is 4.90 Å². The van der Waals surface area contributed by atoms with Gasteiger partial charge >= 0.3 is 6.18 Å². The van der Waals surface area contributed by atoms with E-state index >= 15 is 0 Å². The second-order valence-corrected chi connectivity index (χ2v) is 4.56. The van der Waals surface area contributed by atoms with E-state index in [-0.39, 0.29) is 5.88 Å². The van der Waals surface area contributed by atoms with Gasteiger partial charge in [0.25, 0.3) is 5.91 Å². The van der Waals surface area contributed by atoms with E-state index in [0.717, 1.165) is 0 Å². The summed E-state index contributed by atoms with van der Waals surface area (Å²) in [5, 5.41) is -0.571. The number of hydrogen-bond acceptors (Lipinski definition) is 1. The molecule has 0 spiro atoms. The van der Waals surface area contributed by atoms with Crippen LogP contribution >= 0.6 is 23.2 Å². The van der Waals surface area contributed by atoms with Crippen molar-refractivity contribution >= 4 is 29.1 Å². The zero-order chi connectivity index (χ0) is 15.5. The predicted octanol–water partition coefficient (Wildman–Crippen LogP) is 3.86. The number of carbonyl (C=O) groups excluding carboxylic acids is 1. The predicted molar refractivity (Wildman–Crippen MR) is 64.0 cm³/mol. The summed E-state index contributed by atoms with van der Waals surface area (Å²) in [5.74, 6) is -3.90. The van der Waals surface area contributed by atoms with Crippen molar-refractivity contribution in [2.75, 3.05) is 19.0 Å². The lowest BCUT2D eigenvalue weighted by Crippen LogP contribution is -2.40. The molecular weight excluding hydrogens is 328 g/mol. The maximum absolute atomic E-state index is 13.5. The minimum absolute atomic E-state index is 0.278. The molecule has 0 atom stereocenters. The Kier molecular flexibility index (Phi) is 5.59. The van der Waals surface area contributed by atoms with E-state index in [1.165, 1.54) is 0 Å². The molecule has 0 fully saturated rings. The molecule has 0 aliphatic heterocycles. The molecule has 112 valence electrons. The summed E-state index contributed by atoms with van der Waals surface area (Å²) in [6.07, 6.45) is -4.68. The van der Waals surface area contributed by atoms with Crippen molar-refractivity contribution < 1.29 is 26.7 Å². The molecule has 9 heteroatoms. The number of rotatable bonds is 4. The van der Waals surface area contributed by atoms with Crippen LogP contribution in [-0.2, 0) is 0 Å². The van der Waals surface area contributed by atoms with E-state index in [0.29, 0.717) is 17.0 Å². The van der Waals surface area contributed by atoms with E-state index in [1.54, 1.807) is 0 Å². The van der Waals surface area contributed by atoms with Crippen molar-refractivity contribution in [2.45, 2.75) is 6.18 Å². The van der Waals surface area contributed by atoms with Crippen molar-refractivity contribution in [3.05, 3.63) is 34.4 Å². The van der Waals surface area contributed by atoms with Crippen LogP contribution in [0.3, 0.4) is 0 Å². The lowest BCUT2D eigenvalue weighted by atomic mass is 10.1. The Morgan fingerprint density at radius 2 is 1.80 bits per heavy atom. The fourth-order valence-corrected chi connectivity index (χ4v) is 1.78. The van der Waals surface area contributed by atoms with Gasteiger partial charge in [-0.2, -0.15) is 13.2 Å². The number of alkyl halides is 4. The molecule has 0 aliphatic rings. The highest BCUT2D eigenvalue weighted by Gasteiger charge is 2.34. The second kappa shape index (κ2) is 6.58. The summed E-state index contributed by atoms with van der Waals surface area (Å²) >= 11 is 10.6. The van der Waals surface area contributed by atoms with Crippen molar-refractivity contribution in [1.82, 2.24) is 4.90 Å². The zero-order valence-electron chi connectivity index (χ0n) is 9.78. The summed E-state index contributed by atoms with van der Waals surface area (Å²) < 4.78 is 63.7. The molecule has 0 N–H and O–H groups in total. The Balaban J connectivity index is 3.09. The first-order valence-corrected chi connectivity index (χ1v) is 6.13. The van der Waals surface area contributed by atoms with Crippen LogP contribution in [0.4, 0.5) is 22.0 Å². The average molecular weight is 336 g/mol. The maximum Gasteiger partial charge on any atom is 0.406 e. The molecule has 2 nitrogen and oxygen atoms in total. The molecule has 1 aromatic carbocycles. The fraction of sp³-hybridized carbons (Fsp3) is 0.364. The Hall–Kier alpha value is -1.08. The first kappa shape index (κ1) is 17.0. The summed E-state index contributed by atoms with van der Waals surface area (Å²) in [6.45, 7) is -2.06. The van der Waals surface area contributed by atoms with Crippen LogP contribution in [0.1, 0.15) is 10.4 Å². The third-order valence-electron chi connectivity index (χ3n) is 2.25. The van der Waals surface area contributed by atoms with Gasteiger partial charge in [0.2, 0.25) is 0 Å². The van der Waals surface area contributed by atoms with Crippen LogP contribution in [0.2, 0.25) is 5.02 Å². The van der Waals surface area contributed by atoms with Crippen LogP contribution in [0.15, 0.2) is 12.1 Å². The van der Waals surface area contributed by atoms with E-state index in [9.17, 15) is 26.7 Å². The first-order valence-electron chi connectivity index (χ1n) is 5.22. The largest absolute Gasteiger partial charge is 0.406 e. The zero-order valence-corrected chi connectivity index (χ0v) is 11.3. The van der Waals surface area contributed by atoms with Crippen molar-refractivity contribution in [3.63, 3.8) is 0 Å². The Labute approximate surface area is 121 Å². The van der Waals surface area contributed by atoms with Crippen molar-refractivity contribution in [3.8, 4) is 0 Å². The van der Waals surface area contributed by atoms with Gasteiger partial charge in [-0.3, -0.25) is 4.79 Å². The molecule has 1 rings (SSSR count). The normalized spacial score (nSPS) is 11.6. The molecule has 0 heterocycles. The van der Waals surface area contributed by atoms with Crippen LogP contribution < -0.4 is 0 Å². The average Bonchev–Trinajstić information content (AvgIpc) is 2.31. The Morgan fingerprint density at radius 1 is 1.20 bits per heavy atom. The summed E-state index contributed by atoms with van der Waals surface area (Å²) in [6, 6.07) is 0.980. The molecule has 1 amide bonds. The van der Waals surface area contributed by atoms with Crippen LogP contribution in [-0.4, -0.2) is 36.0 Å². The molecule has 0 aliphatic carbocycles. The molecule has 20 heavy (non-hydrogen) atoms. The van der Waals surface area contributed by atoms with E-state index in [1.807, 2.05) is 0 Å². The monoisotopic (exact) mass is 335 g/mol. The van der Waals surface area contributed by atoms with Gasteiger partial charge in [0, 0.05) is 12.4 Å². The Morgan fingerprint density at radius 3 is 2.30 bits per heavy atom. The number of benzene rings is 1. The van der Waals surface area contributed by atoms with E-state index in [2.05, 4.69) is 0 Å². The van der Waals surface area contributed by atoms with Gasteiger partial charge in [0.15, 0.2) is 0 Å². The number of nitrogens with zero attached hydrogens (tertiary/aromatic N) is 1. The molecule has 0 radical (unpaired) electrons. The third-order valence-corrected chi connectivity index (χ3v) is 2.71. The molecule has 0 aromatic heterocycles. The Bertz CT molecular complexity index is 506. The number of amides is 1. The van der Waals surface area contributed by atoms with E-state index < -0.39 is 47.4 Å². The molecule has 0 saturated heterocycles. The maximum atomic E-state index is 13.5. The highest BCUT2D eigenvalue weighted by molar-refractivity contribution is 6.30. The fourth-order valence-electron chi connectivity index (χ4n) is 1.43. The van der Waals surface area contributed by atoms with Gasteiger partial charge in [0.1, 0.15) is 18.2 Å². The molecule has 0 unspecified atom stereocenters. The SMILES string of the molecule is O=C(c1cc(F)c(Cl)cc1F)N(CCCl)CC(F)(F)F. The molecule has 0 saturated carbocycles. The van der Waals surface area contributed by atoms with Crippen LogP contribution in [0.5, 0.6) is 0 Å². The van der Waals surface area contributed by atoms with Gasteiger partial charge in [0.05, 0.1) is 10.6 Å². The highest BCUT2D eigenvalue weighted by Crippen LogP contribution is 2.22.